The van der Waals surface area contributed by atoms with Crippen LogP contribution in [-0.4, -0.2) is 15.0 Å². The summed E-state index contributed by atoms with van der Waals surface area (Å²) in [6.45, 7) is 4.99. The number of carbonyl (C=O) groups excluding carboxylic acids is 1. The van der Waals surface area contributed by atoms with Gasteiger partial charge in [0.25, 0.3) is 0 Å². The fraction of sp³-hybridized carbons (Fsp3) is 0.357. The van der Waals surface area contributed by atoms with Crippen LogP contribution in [0, 0.1) is 11.3 Å². The van der Waals surface area contributed by atoms with Gasteiger partial charge in [-0.3, -0.25) is 13.9 Å². The van der Waals surface area contributed by atoms with Crippen LogP contribution in [0.1, 0.15) is 20.3 Å². The Labute approximate surface area is 116 Å². The van der Waals surface area contributed by atoms with Gasteiger partial charge in [-0.2, -0.15) is 5.26 Å². The molecule has 0 spiro atoms. The van der Waals surface area contributed by atoms with E-state index < -0.39 is 0 Å². The van der Waals surface area contributed by atoms with Crippen LogP contribution < -0.4 is 11.0 Å². The van der Waals surface area contributed by atoms with Crippen LogP contribution >= 0.6 is 0 Å². The highest BCUT2D eigenvalue weighted by Gasteiger charge is 2.12. The summed E-state index contributed by atoms with van der Waals surface area (Å²) in [5.74, 6) is -0.354. The monoisotopic (exact) mass is 272 g/mol. The van der Waals surface area contributed by atoms with E-state index in [1.165, 1.54) is 0 Å². The lowest BCUT2D eigenvalue weighted by Crippen LogP contribution is -2.23. The molecule has 2 rings (SSSR count). The SMILES string of the molecule is CCn1c(=O)n(CC)c2cc(NC(=O)CC#N)ccc21. The van der Waals surface area contributed by atoms with Gasteiger partial charge in [0.1, 0.15) is 6.42 Å². The van der Waals surface area contributed by atoms with E-state index in [9.17, 15) is 9.59 Å². The molecule has 104 valence electrons. The standard InChI is InChI=1S/C14H16N4O2/c1-3-17-11-6-5-10(16-13(19)7-8-15)9-12(11)18(4-2)14(17)20/h5-6,9H,3-4,7H2,1-2H3,(H,16,19). The molecule has 0 aliphatic heterocycles. The van der Waals surface area contributed by atoms with Crippen LogP contribution in [0.4, 0.5) is 5.69 Å². The average molecular weight is 272 g/mol. The van der Waals surface area contributed by atoms with Crippen molar-refractivity contribution in [3.63, 3.8) is 0 Å². The quantitative estimate of drug-likeness (QED) is 0.919. The van der Waals surface area contributed by atoms with E-state index in [0.717, 1.165) is 11.0 Å². The molecule has 0 unspecified atom stereocenters. The normalized spacial score (nSPS) is 10.4. The van der Waals surface area contributed by atoms with Gasteiger partial charge in [0.05, 0.1) is 17.1 Å². The third kappa shape index (κ3) is 2.30. The Kier molecular flexibility index (Phi) is 3.89. The number of fused-ring (bicyclic) bond motifs is 1. The van der Waals surface area contributed by atoms with Crippen molar-refractivity contribution < 1.29 is 4.79 Å². The Morgan fingerprint density at radius 3 is 2.50 bits per heavy atom. The summed E-state index contributed by atoms with van der Waals surface area (Å²) in [4.78, 5) is 23.6. The second-order valence-electron chi connectivity index (χ2n) is 4.36. The molecule has 0 radical (unpaired) electrons. The van der Waals surface area contributed by atoms with Crippen LogP contribution in [0.15, 0.2) is 23.0 Å². The average Bonchev–Trinajstić information content (AvgIpc) is 2.69. The highest BCUT2D eigenvalue weighted by Crippen LogP contribution is 2.19. The van der Waals surface area contributed by atoms with E-state index in [-0.39, 0.29) is 18.0 Å². The molecule has 0 saturated carbocycles. The highest BCUT2D eigenvalue weighted by molar-refractivity contribution is 5.94. The molecule has 0 saturated heterocycles. The van der Waals surface area contributed by atoms with Crippen molar-refractivity contribution in [3.8, 4) is 6.07 Å². The van der Waals surface area contributed by atoms with Gasteiger partial charge in [-0.15, -0.1) is 0 Å². The summed E-state index contributed by atoms with van der Waals surface area (Å²) in [6, 6.07) is 7.12. The molecule has 1 amide bonds. The minimum absolute atomic E-state index is 0.0505. The molecule has 6 heteroatoms. The van der Waals surface area contributed by atoms with Crippen LogP contribution in [0.3, 0.4) is 0 Å². The van der Waals surface area contributed by atoms with Crippen molar-refractivity contribution in [1.29, 1.82) is 5.26 Å². The van der Waals surface area contributed by atoms with Gasteiger partial charge in [0.2, 0.25) is 5.91 Å². The number of aromatic nitrogens is 2. The molecule has 1 heterocycles. The minimum atomic E-state index is -0.354. The summed E-state index contributed by atoms with van der Waals surface area (Å²) in [6.07, 6.45) is -0.186. The van der Waals surface area contributed by atoms with Gasteiger partial charge in [0.15, 0.2) is 0 Å². The van der Waals surface area contributed by atoms with Crippen molar-refractivity contribution in [3.05, 3.63) is 28.7 Å². The molecule has 1 aromatic carbocycles. The van der Waals surface area contributed by atoms with Gasteiger partial charge in [0, 0.05) is 18.8 Å². The first-order valence-electron chi connectivity index (χ1n) is 6.52. The molecule has 0 bridgehead atoms. The number of rotatable bonds is 4. The van der Waals surface area contributed by atoms with E-state index in [1.807, 2.05) is 19.9 Å². The second kappa shape index (κ2) is 5.61. The Balaban J connectivity index is 2.51. The topological polar surface area (TPSA) is 79.8 Å². The zero-order chi connectivity index (χ0) is 14.7. The van der Waals surface area contributed by atoms with E-state index in [4.69, 9.17) is 5.26 Å². The number of nitrogens with zero attached hydrogens (tertiary/aromatic N) is 3. The fourth-order valence-corrected chi connectivity index (χ4v) is 2.29. The third-order valence-electron chi connectivity index (χ3n) is 3.17. The van der Waals surface area contributed by atoms with Crippen molar-refractivity contribution in [2.24, 2.45) is 0 Å². The summed E-state index contributed by atoms with van der Waals surface area (Å²) in [5.41, 5.74) is 2.17. The van der Waals surface area contributed by atoms with Gasteiger partial charge in [-0.25, -0.2) is 4.79 Å². The second-order valence-corrected chi connectivity index (χ2v) is 4.36. The predicted octanol–water partition coefficient (Wildman–Crippen LogP) is 1.69. The van der Waals surface area contributed by atoms with Gasteiger partial charge >= 0.3 is 5.69 Å². The minimum Gasteiger partial charge on any atom is -0.325 e. The van der Waals surface area contributed by atoms with E-state index in [1.54, 1.807) is 27.3 Å². The molecule has 0 atom stereocenters. The van der Waals surface area contributed by atoms with Crippen LogP contribution in [0.25, 0.3) is 11.0 Å². The molecule has 2 aromatic rings. The maximum Gasteiger partial charge on any atom is 0.329 e. The first-order chi connectivity index (χ1) is 9.62. The Bertz CT molecular complexity index is 749. The van der Waals surface area contributed by atoms with E-state index in [0.29, 0.717) is 18.8 Å². The number of nitrogens with one attached hydrogen (secondary N) is 1. The van der Waals surface area contributed by atoms with Crippen molar-refractivity contribution in [2.75, 3.05) is 5.32 Å². The number of aryl methyl sites for hydroxylation is 2. The van der Waals surface area contributed by atoms with Gasteiger partial charge in [-0.1, -0.05) is 0 Å². The Morgan fingerprint density at radius 2 is 1.90 bits per heavy atom. The third-order valence-corrected chi connectivity index (χ3v) is 3.17. The lowest BCUT2D eigenvalue weighted by Gasteiger charge is -2.04. The van der Waals surface area contributed by atoms with Crippen LogP contribution in [0.2, 0.25) is 0 Å². The first kappa shape index (κ1) is 13.9. The van der Waals surface area contributed by atoms with Gasteiger partial charge < -0.3 is 5.32 Å². The lowest BCUT2D eigenvalue weighted by molar-refractivity contribution is -0.115. The Morgan fingerprint density at radius 1 is 1.25 bits per heavy atom. The number of carbonyl (C=O) groups is 1. The molecule has 6 nitrogen and oxygen atoms in total. The zero-order valence-electron chi connectivity index (χ0n) is 11.5. The fourth-order valence-electron chi connectivity index (χ4n) is 2.29. The highest BCUT2D eigenvalue weighted by atomic mass is 16.2. The number of anilines is 1. The number of benzene rings is 1. The van der Waals surface area contributed by atoms with Gasteiger partial charge in [-0.05, 0) is 32.0 Å². The largest absolute Gasteiger partial charge is 0.329 e. The zero-order valence-corrected chi connectivity index (χ0v) is 11.5. The molecule has 20 heavy (non-hydrogen) atoms. The molecule has 1 N–H and O–H groups in total. The molecule has 0 aliphatic rings. The number of amides is 1. The lowest BCUT2D eigenvalue weighted by atomic mass is 10.2. The smallest absolute Gasteiger partial charge is 0.325 e. The van der Waals surface area contributed by atoms with Crippen LogP contribution in [0.5, 0.6) is 0 Å². The number of hydrogen-bond donors (Lipinski definition) is 1. The number of nitriles is 1. The molecule has 0 aliphatic carbocycles. The van der Waals surface area contributed by atoms with Crippen molar-refractivity contribution in [2.45, 2.75) is 33.4 Å². The number of hydrogen-bond acceptors (Lipinski definition) is 3. The molecular weight excluding hydrogens is 256 g/mol. The summed E-state index contributed by atoms with van der Waals surface area (Å²) < 4.78 is 3.36. The summed E-state index contributed by atoms with van der Waals surface area (Å²) in [5, 5.41) is 11.1. The maximum atomic E-state index is 12.2. The van der Waals surface area contributed by atoms with E-state index >= 15 is 0 Å². The molecule has 1 aromatic heterocycles. The predicted molar refractivity (Wildman–Crippen MR) is 76.4 cm³/mol. The number of imidazole rings is 1. The molecular formula is C14H16N4O2. The first-order valence-corrected chi connectivity index (χ1v) is 6.52. The molecule has 0 fully saturated rings. The van der Waals surface area contributed by atoms with Crippen molar-refractivity contribution in [1.82, 2.24) is 9.13 Å². The van der Waals surface area contributed by atoms with Crippen molar-refractivity contribution >= 4 is 22.6 Å². The van der Waals surface area contributed by atoms with E-state index in [2.05, 4.69) is 5.32 Å². The summed E-state index contributed by atoms with van der Waals surface area (Å²) >= 11 is 0. The van der Waals surface area contributed by atoms with Crippen LogP contribution in [-0.2, 0) is 17.9 Å². The maximum absolute atomic E-state index is 12.2. The Hall–Kier alpha value is -2.55. The summed E-state index contributed by atoms with van der Waals surface area (Å²) in [7, 11) is 0.